The SMILES string of the molecule is CNc1ncc(Br)cc1S(=O)(=O)NC(C)c1ccsc1. The van der Waals surface area contributed by atoms with E-state index < -0.39 is 10.0 Å². The van der Waals surface area contributed by atoms with Crippen LogP contribution in [0.1, 0.15) is 18.5 Å². The van der Waals surface area contributed by atoms with Crippen molar-refractivity contribution in [3.05, 3.63) is 39.1 Å². The second kappa shape index (κ2) is 6.21. The van der Waals surface area contributed by atoms with Crippen molar-refractivity contribution < 1.29 is 8.42 Å². The first-order chi connectivity index (χ1) is 9.44. The number of pyridine rings is 1. The molecule has 1 unspecified atom stereocenters. The minimum absolute atomic E-state index is 0.122. The molecule has 0 aliphatic heterocycles. The fourth-order valence-electron chi connectivity index (χ4n) is 1.70. The van der Waals surface area contributed by atoms with Gasteiger partial charge in [-0.05, 0) is 51.3 Å². The Bertz CT molecular complexity index is 687. The molecule has 0 radical (unpaired) electrons. The Balaban J connectivity index is 2.33. The van der Waals surface area contributed by atoms with E-state index in [1.807, 2.05) is 23.8 Å². The van der Waals surface area contributed by atoms with Gasteiger partial charge in [-0.1, -0.05) is 0 Å². The van der Waals surface area contributed by atoms with E-state index in [1.165, 1.54) is 17.4 Å². The van der Waals surface area contributed by atoms with Crippen LogP contribution in [-0.4, -0.2) is 20.4 Å². The zero-order valence-corrected chi connectivity index (χ0v) is 14.1. The maximum atomic E-state index is 12.5. The number of sulfonamides is 1. The van der Waals surface area contributed by atoms with Crippen molar-refractivity contribution in [1.82, 2.24) is 9.71 Å². The normalized spacial score (nSPS) is 13.2. The standard InChI is InChI=1S/C12H14BrN3O2S2/c1-8(9-3-4-19-7-9)16-20(17,18)11-5-10(13)6-15-12(11)14-2/h3-8,16H,1-2H3,(H,14,15). The number of hydrogen-bond donors (Lipinski definition) is 2. The van der Waals surface area contributed by atoms with Crippen LogP contribution in [0.3, 0.4) is 0 Å². The summed E-state index contributed by atoms with van der Waals surface area (Å²) in [6, 6.07) is 3.13. The van der Waals surface area contributed by atoms with Crippen LogP contribution in [0.2, 0.25) is 0 Å². The van der Waals surface area contributed by atoms with Crippen LogP contribution in [0.25, 0.3) is 0 Å². The fourth-order valence-corrected chi connectivity index (χ4v) is 4.36. The van der Waals surface area contributed by atoms with E-state index in [0.29, 0.717) is 10.3 Å². The highest BCUT2D eigenvalue weighted by Crippen LogP contribution is 2.25. The van der Waals surface area contributed by atoms with E-state index in [9.17, 15) is 8.42 Å². The molecule has 0 saturated carbocycles. The topological polar surface area (TPSA) is 71.1 Å². The van der Waals surface area contributed by atoms with Gasteiger partial charge in [-0.25, -0.2) is 18.1 Å². The molecule has 2 aromatic heterocycles. The maximum Gasteiger partial charge on any atom is 0.244 e. The monoisotopic (exact) mass is 375 g/mol. The Morgan fingerprint density at radius 3 is 2.80 bits per heavy atom. The van der Waals surface area contributed by atoms with Crippen molar-refractivity contribution in [2.45, 2.75) is 17.9 Å². The number of halogens is 1. The molecule has 0 aliphatic rings. The van der Waals surface area contributed by atoms with Gasteiger partial charge in [0.1, 0.15) is 10.7 Å². The number of nitrogens with zero attached hydrogens (tertiary/aromatic N) is 1. The molecule has 5 nitrogen and oxygen atoms in total. The second-order valence-electron chi connectivity index (χ2n) is 4.15. The molecule has 2 N–H and O–H groups in total. The van der Waals surface area contributed by atoms with E-state index >= 15 is 0 Å². The van der Waals surface area contributed by atoms with Gasteiger partial charge in [0.2, 0.25) is 10.0 Å². The molecule has 1 atom stereocenters. The van der Waals surface area contributed by atoms with Crippen LogP contribution in [0.4, 0.5) is 5.82 Å². The average molecular weight is 376 g/mol. The second-order valence-corrected chi connectivity index (χ2v) is 7.53. The molecule has 0 aliphatic carbocycles. The molecule has 2 rings (SSSR count). The number of rotatable bonds is 5. The summed E-state index contributed by atoms with van der Waals surface area (Å²) in [7, 11) is -2.01. The van der Waals surface area contributed by atoms with Gasteiger partial charge in [0, 0.05) is 23.8 Å². The van der Waals surface area contributed by atoms with Crippen molar-refractivity contribution in [2.24, 2.45) is 0 Å². The molecule has 20 heavy (non-hydrogen) atoms. The Morgan fingerprint density at radius 2 is 2.20 bits per heavy atom. The molecule has 2 aromatic rings. The van der Waals surface area contributed by atoms with Crippen LogP contribution < -0.4 is 10.0 Å². The lowest BCUT2D eigenvalue weighted by Crippen LogP contribution is -2.27. The van der Waals surface area contributed by atoms with E-state index in [2.05, 4.69) is 31.0 Å². The molecular formula is C12H14BrN3O2S2. The molecule has 0 spiro atoms. The number of hydrogen-bond acceptors (Lipinski definition) is 5. The lowest BCUT2D eigenvalue weighted by atomic mass is 10.2. The fraction of sp³-hybridized carbons (Fsp3) is 0.250. The van der Waals surface area contributed by atoms with Crippen LogP contribution >= 0.6 is 27.3 Å². The minimum atomic E-state index is -3.65. The summed E-state index contributed by atoms with van der Waals surface area (Å²) in [5.41, 5.74) is 0.938. The smallest absolute Gasteiger partial charge is 0.244 e. The minimum Gasteiger partial charge on any atom is -0.372 e. The molecular weight excluding hydrogens is 362 g/mol. The third-order valence-electron chi connectivity index (χ3n) is 2.72. The summed E-state index contributed by atoms with van der Waals surface area (Å²) >= 11 is 4.77. The van der Waals surface area contributed by atoms with E-state index in [1.54, 1.807) is 13.2 Å². The Morgan fingerprint density at radius 1 is 1.45 bits per heavy atom. The number of thiophene rings is 1. The molecule has 0 fully saturated rings. The molecule has 0 amide bonds. The Hall–Kier alpha value is -0.960. The van der Waals surface area contributed by atoms with Crippen molar-refractivity contribution in [2.75, 3.05) is 12.4 Å². The van der Waals surface area contributed by atoms with Gasteiger partial charge >= 0.3 is 0 Å². The van der Waals surface area contributed by atoms with Gasteiger partial charge in [0.15, 0.2) is 0 Å². The summed E-state index contributed by atoms with van der Waals surface area (Å²) in [6.45, 7) is 1.81. The highest BCUT2D eigenvalue weighted by Gasteiger charge is 2.22. The summed E-state index contributed by atoms with van der Waals surface area (Å²) < 4.78 is 28.2. The zero-order valence-electron chi connectivity index (χ0n) is 10.9. The van der Waals surface area contributed by atoms with Gasteiger partial charge in [-0.2, -0.15) is 11.3 Å². The number of anilines is 1. The van der Waals surface area contributed by atoms with E-state index in [-0.39, 0.29) is 10.9 Å². The third kappa shape index (κ3) is 3.38. The molecule has 8 heteroatoms. The van der Waals surface area contributed by atoms with Crippen molar-refractivity contribution in [3.8, 4) is 0 Å². The third-order valence-corrected chi connectivity index (χ3v) is 5.41. The Labute approximate surface area is 130 Å². The molecule has 0 saturated heterocycles. The summed E-state index contributed by atoms with van der Waals surface area (Å²) in [6.07, 6.45) is 1.55. The van der Waals surface area contributed by atoms with E-state index in [0.717, 1.165) is 5.56 Å². The molecule has 108 valence electrons. The van der Waals surface area contributed by atoms with Gasteiger partial charge in [0.25, 0.3) is 0 Å². The lowest BCUT2D eigenvalue weighted by molar-refractivity contribution is 0.567. The quantitative estimate of drug-likeness (QED) is 0.842. The lowest BCUT2D eigenvalue weighted by Gasteiger charge is -2.15. The predicted molar refractivity (Wildman–Crippen MR) is 84.5 cm³/mol. The predicted octanol–water partition coefficient (Wildman–Crippen LogP) is 2.99. The molecule has 0 aromatic carbocycles. The van der Waals surface area contributed by atoms with Gasteiger partial charge in [-0.15, -0.1) is 0 Å². The highest BCUT2D eigenvalue weighted by atomic mass is 79.9. The van der Waals surface area contributed by atoms with Crippen molar-refractivity contribution in [3.63, 3.8) is 0 Å². The highest BCUT2D eigenvalue weighted by molar-refractivity contribution is 9.10. The summed E-state index contributed by atoms with van der Waals surface area (Å²) in [4.78, 5) is 4.18. The zero-order chi connectivity index (χ0) is 14.8. The van der Waals surface area contributed by atoms with Crippen LogP contribution in [0.5, 0.6) is 0 Å². The first kappa shape index (κ1) is 15.4. The molecule has 2 heterocycles. The van der Waals surface area contributed by atoms with Gasteiger partial charge in [0.05, 0.1) is 0 Å². The summed E-state index contributed by atoms with van der Waals surface area (Å²) in [5.74, 6) is 0.318. The van der Waals surface area contributed by atoms with Gasteiger partial charge in [-0.3, -0.25) is 0 Å². The van der Waals surface area contributed by atoms with Crippen molar-refractivity contribution in [1.29, 1.82) is 0 Å². The summed E-state index contributed by atoms with van der Waals surface area (Å²) in [5, 5.41) is 6.63. The van der Waals surface area contributed by atoms with Crippen molar-refractivity contribution >= 4 is 43.1 Å². The maximum absolute atomic E-state index is 12.5. The molecule has 0 bridgehead atoms. The Kier molecular flexibility index (Phi) is 4.79. The van der Waals surface area contributed by atoms with E-state index in [4.69, 9.17) is 0 Å². The van der Waals surface area contributed by atoms with Gasteiger partial charge < -0.3 is 5.32 Å². The van der Waals surface area contributed by atoms with Crippen LogP contribution in [-0.2, 0) is 10.0 Å². The van der Waals surface area contributed by atoms with Crippen LogP contribution in [0, 0.1) is 0 Å². The number of aromatic nitrogens is 1. The first-order valence-corrected chi connectivity index (χ1v) is 9.03. The number of nitrogens with one attached hydrogen (secondary N) is 2. The van der Waals surface area contributed by atoms with Crippen LogP contribution in [0.15, 0.2) is 38.5 Å². The average Bonchev–Trinajstić information content (AvgIpc) is 2.92. The largest absolute Gasteiger partial charge is 0.372 e. The first-order valence-electron chi connectivity index (χ1n) is 5.82.